The summed E-state index contributed by atoms with van der Waals surface area (Å²) in [4.78, 5) is 4.33. The van der Waals surface area contributed by atoms with Crippen LogP contribution in [0.5, 0.6) is 0 Å². The molecule has 1 aliphatic heterocycles. The third-order valence-corrected chi connectivity index (χ3v) is 4.89. The summed E-state index contributed by atoms with van der Waals surface area (Å²) in [5.41, 5.74) is 0. The van der Waals surface area contributed by atoms with Gasteiger partial charge in [-0.2, -0.15) is 0 Å². The van der Waals surface area contributed by atoms with Gasteiger partial charge in [-0.3, -0.25) is 4.98 Å². The molecule has 0 spiro atoms. The average molecular weight is 277 g/mol. The number of hydrogen-bond acceptors (Lipinski definition) is 4. The van der Waals surface area contributed by atoms with Gasteiger partial charge in [0.25, 0.3) is 0 Å². The van der Waals surface area contributed by atoms with E-state index >= 15 is 0 Å². The topological polar surface area (TPSA) is 71.1 Å². The Morgan fingerprint density at radius 2 is 2.21 bits per heavy atom. The second-order valence-corrected chi connectivity index (χ2v) is 6.35. The molecule has 1 aliphatic rings. The zero-order valence-electron chi connectivity index (χ0n) is 10.3. The maximum absolute atomic E-state index is 12.4. The summed E-state index contributed by atoms with van der Waals surface area (Å²) in [6.07, 6.45) is 4.11. The minimum atomic E-state index is -3.49. The van der Waals surface area contributed by atoms with Crippen molar-refractivity contribution in [3.05, 3.63) is 36.7 Å². The van der Waals surface area contributed by atoms with Crippen LogP contribution in [0.1, 0.15) is 6.42 Å². The van der Waals surface area contributed by atoms with Gasteiger partial charge >= 0.3 is 0 Å². The normalized spacial score (nSPS) is 19.9. The van der Waals surface area contributed by atoms with Gasteiger partial charge in [-0.05, 0) is 25.1 Å². The van der Waals surface area contributed by atoms with Crippen LogP contribution < -0.4 is 10.0 Å². The molecule has 2 aromatic rings. The summed E-state index contributed by atoms with van der Waals surface area (Å²) in [5.74, 6) is 0. The summed E-state index contributed by atoms with van der Waals surface area (Å²) < 4.78 is 27.6. The van der Waals surface area contributed by atoms with Crippen molar-refractivity contribution in [3.63, 3.8) is 0 Å². The van der Waals surface area contributed by atoms with Crippen LogP contribution in [-0.2, 0) is 10.0 Å². The molecule has 0 aliphatic carbocycles. The number of nitrogens with one attached hydrogen (secondary N) is 2. The Hall–Kier alpha value is -1.50. The van der Waals surface area contributed by atoms with Crippen molar-refractivity contribution in [2.75, 3.05) is 13.1 Å². The Morgan fingerprint density at radius 1 is 1.32 bits per heavy atom. The molecule has 1 saturated heterocycles. The first-order valence-electron chi connectivity index (χ1n) is 6.22. The summed E-state index contributed by atoms with van der Waals surface area (Å²) in [5, 5.41) is 4.68. The Labute approximate surface area is 112 Å². The fourth-order valence-electron chi connectivity index (χ4n) is 2.37. The number of pyridine rings is 1. The van der Waals surface area contributed by atoms with E-state index in [1.807, 2.05) is 6.07 Å². The number of hydrogen-bond donors (Lipinski definition) is 2. The molecule has 1 atom stereocenters. The quantitative estimate of drug-likeness (QED) is 0.873. The molecule has 1 fully saturated rings. The molecule has 100 valence electrons. The lowest BCUT2D eigenvalue weighted by atomic mass is 10.2. The van der Waals surface area contributed by atoms with E-state index in [0.717, 1.165) is 18.4 Å². The third-order valence-electron chi connectivity index (χ3n) is 3.31. The van der Waals surface area contributed by atoms with E-state index in [9.17, 15) is 8.42 Å². The minimum Gasteiger partial charge on any atom is -0.315 e. The van der Waals surface area contributed by atoms with E-state index in [4.69, 9.17) is 0 Å². The molecule has 1 aromatic carbocycles. The molecule has 2 N–H and O–H groups in total. The number of fused-ring (bicyclic) bond motifs is 1. The number of nitrogens with zero attached hydrogens (tertiary/aromatic N) is 1. The number of aromatic nitrogens is 1. The van der Waals surface area contributed by atoms with E-state index in [2.05, 4.69) is 15.0 Å². The highest BCUT2D eigenvalue weighted by atomic mass is 32.2. The molecule has 5 nitrogen and oxygen atoms in total. The molecule has 0 radical (unpaired) electrons. The summed E-state index contributed by atoms with van der Waals surface area (Å²) in [6.45, 7) is 1.54. The van der Waals surface area contributed by atoms with Crippen LogP contribution in [0.3, 0.4) is 0 Å². The van der Waals surface area contributed by atoms with Crippen LogP contribution in [0.15, 0.2) is 41.6 Å². The molecule has 0 bridgehead atoms. The van der Waals surface area contributed by atoms with Gasteiger partial charge in [-0.15, -0.1) is 0 Å². The smallest absolute Gasteiger partial charge is 0.241 e. The first-order chi connectivity index (χ1) is 9.17. The Balaban J connectivity index is 2.02. The van der Waals surface area contributed by atoms with Crippen molar-refractivity contribution in [1.29, 1.82) is 0 Å². The van der Waals surface area contributed by atoms with Crippen molar-refractivity contribution in [1.82, 2.24) is 15.0 Å². The van der Waals surface area contributed by atoms with Crippen molar-refractivity contribution < 1.29 is 8.42 Å². The van der Waals surface area contributed by atoms with Gasteiger partial charge in [0.05, 0.1) is 4.90 Å². The van der Waals surface area contributed by atoms with Crippen molar-refractivity contribution in [2.24, 2.45) is 0 Å². The summed E-state index contributed by atoms with van der Waals surface area (Å²) in [6, 6.07) is 6.94. The SMILES string of the molecule is O=S(=O)(NC1CCNC1)c1cccc2cnccc12. The first kappa shape index (κ1) is 12.5. The third kappa shape index (κ3) is 2.47. The van der Waals surface area contributed by atoms with Crippen LogP contribution >= 0.6 is 0 Å². The fourth-order valence-corrected chi connectivity index (χ4v) is 3.87. The standard InChI is InChI=1S/C13H15N3O2S/c17-19(18,16-11-4-6-15-9-11)13-3-1-2-10-8-14-7-5-12(10)13/h1-3,5,7-8,11,15-16H,4,6,9H2. The van der Waals surface area contributed by atoms with Gasteiger partial charge in [0.2, 0.25) is 10.0 Å². The molecule has 1 aromatic heterocycles. The molecule has 19 heavy (non-hydrogen) atoms. The molecule has 6 heteroatoms. The predicted molar refractivity (Wildman–Crippen MR) is 73.3 cm³/mol. The van der Waals surface area contributed by atoms with E-state index in [0.29, 0.717) is 16.8 Å². The highest BCUT2D eigenvalue weighted by Crippen LogP contribution is 2.22. The molecular formula is C13H15N3O2S. The fraction of sp³-hybridized carbons (Fsp3) is 0.308. The molecule has 1 unspecified atom stereocenters. The van der Waals surface area contributed by atoms with Crippen molar-refractivity contribution in [3.8, 4) is 0 Å². The van der Waals surface area contributed by atoms with E-state index in [1.165, 1.54) is 0 Å². The van der Waals surface area contributed by atoms with Gasteiger partial charge in [-0.25, -0.2) is 13.1 Å². The highest BCUT2D eigenvalue weighted by Gasteiger charge is 2.23. The highest BCUT2D eigenvalue weighted by molar-refractivity contribution is 7.89. The molecule has 2 heterocycles. The summed E-state index contributed by atoms with van der Waals surface area (Å²) in [7, 11) is -3.49. The second kappa shape index (κ2) is 4.88. The zero-order chi connectivity index (χ0) is 13.3. The Bertz CT molecular complexity index is 689. The number of rotatable bonds is 3. The lowest BCUT2D eigenvalue weighted by Gasteiger charge is -2.13. The number of benzene rings is 1. The average Bonchev–Trinajstić information content (AvgIpc) is 2.90. The maximum atomic E-state index is 12.4. The van der Waals surface area contributed by atoms with Gasteiger partial charge in [0.15, 0.2) is 0 Å². The van der Waals surface area contributed by atoms with E-state index < -0.39 is 10.0 Å². The van der Waals surface area contributed by atoms with Crippen LogP contribution in [0.25, 0.3) is 10.8 Å². The van der Waals surface area contributed by atoms with Gasteiger partial charge in [0, 0.05) is 35.8 Å². The van der Waals surface area contributed by atoms with Crippen molar-refractivity contribution >= 4 is 20.8 Å². The Kier molecular flexibility index (Phi) is 3.22. The van der Waals surface area contributed by atoms with Gasteiger partial charge < -0.3 is 5.32 Å². The van der Waals surface area contributed by atoms with Gasteiger partial charge in [0.1, 0.15) is 0 Å². The molecule has 0 saturated carbocycles. The first-order valence-corrected chi connectivity index (χ1v) is 7.71. The molecular weight excluding hydrogens is 262 g/mol. The van der Waals surface area contributed by atoms with Crippen LogP contribution in [0.2, 0.25) is 0 Å². The van der Waals surface area contributed by atoms with Crippen LogP contribution in [0, 0.1) is 0 Å². The van der Waals surface area contributed by atoms with Crippen LogP contribution in [0.4, 0.5) is 0 Å². The van der Waals surface area contributed by atoms with Crippen molar-refractivity contribution in [2.45, 2.75) is 17.4 Å². The lowest BCUT2D eigenvalue weighted by Crippen LogP contribution is -2.36. The zero-order valence-corrected chi connectivity index (χ0v) is 11.2. The maximum Gasteiger partial charge on any atom is 0.241 e. The molecule has 0 amide bonds. The lowest BCUT2D eigenvalue weighted by molar-refractivity contribution is 0.561. The largest absolute Gasteiger partial charge is 0.315 e. The minimum absolute atomic E-state index is 0.0258. The monoisotopic (exact) mass is 277 g/mol. The predicted octanol–water partition coefficient (Wildman–Crippen LogP) is 0.875. The van der Waals surface area contributed by atoms with Gasteiger partial charge in [-0.1, -0.05) is 12.1 Å². The van der Waals surface area contributed by atoms with E-state index in [-0.39, 0.29) is 6.04 Å². The molecule has 3 rings (SSSR count). The van der Waals surface area contributed by atoms with Crippen LogP contribution in [-0.4, -0.2) is 32.5 Å². The Morgan fingerprint density at radius 3 is 3.00 bits per heavy atom. The second-order valence-electron chi connectivity index (χ2n) is 4.66. The number of sulfonamides is 1. The van der Waals surface area contributed by atoms with E-state index in [1.54, 1.807) is 30.6 Å². The summed E-state index contributed by atoms with van der Waals surface area (Å²) >= 11 is 0.